The molecule has 2 aromatic heterocycles. The molecule has 0 saturated carbocycles. The normalized spacial score (nSPS) is 15.4. The Balaban J connectivity index is 1.65. The number of carbonyl (C=O) groups is 1. The zero-order valence-corrected chi connectivity index (χ0v) is 22.3. The number of sulfonamides is 1. The van der Waals surface area contributed by atoms with Crippen molar-refractivity contribution in [2.45, 2.75) is 31.0 Å². The molecule has 9 nitrogen and oxygen atoms in total. The predicted molar refractivity (Wildman–Crippen MR) is 138 cm³/mol. The van der Waals surface area contributed by atoms with E-state index in [-0.39, 0.29) is 44.0 Å². The van der Waals surface area contributed by atoms with E-state index in [1.54, 1.807) is 7.05 Å². The average molecular weight is 583 g/mol. The standard InChI is InChI=1S/C26H26F4N4O5S/c1-16-6-7-17(27)14-18(16)23-19(26(28,29)30)8-9-20(31-23)33-40(37,38)22-5-3-4-21(32-22)34(2)15-25(24(35)36)10-12-39-13-11-25/h3-9,14H,10-13,15H2,1-2H3,(H,31,33)(H,35,36). The number of carboxylic acid groups (broad SMARTS) is 1. The molecular formula is C26H26F4N4O5S. The summed E-state index contributed by atoms with van der Waals surface area (Å²) in [6, 6.07) is 8.91. The number of nitrogens with one attached hydrogen (secondary N) is 1. The number of aromatic nitrogens is 2. The van der Waals surface area contributed by atoms with Crippen LogP contribution in [0.3, 0.4) is 0 Å². The van der Waals surface area contributed by atoms with Crippen molar-refractivity contribution in [3.8, 4) is 11.3 Å². The van der Waals surface area contributed by atoms with Crippen LogP contribution in [0, 0.1) is 18.2 Å². The van der Waals surface area contributed by atoms with Gasteiger partial charge >= 0.3 is 12.1 Å². The molecular weight excluding hydrogens is 556 g/mol. The van der Waals surface area contributed by atoms with Gasteiger partial charge in [0.25, 0.3) is 10.0 Å². The molecule has 1 saturated heterocycles. The summed E-state index contributed by atoms with van der Waals surface area (Å²) in [5.74, 6) is -2.03. The van der Waals surface area contributed by atoms with Gasteiger partial charge in [0.2, 0.25) is 0 Å². The third-order valence-electron chi connectivity index (χ3n) is 6.71. The zero-order valence-electron chi connectivity index (χ0n) is 21.5. The Morgan fingerprint density at radius 1 is 1.12 bits per heavy atom. The number of benzene rings is 1. The fourth-order valence-corrected chi connectivity index (χ4v) is 5.46. The van der Waals surface area contributed by atoms with Crippen molar-refractivity contribution in [2.75, 3.05) is 36.4 Å². The van der Waals surface area contributed by atoms with Gasteiger partial charge in [0.05, 0.1) is 16.7 Å². The number of carboxylic acids is 1. The molecule has 0 radical (unpaired) electrons. The highest BCUT2D eigenvalue weighted by atomic mass is 32.2. The lowest BCUT2D eigenvalue weighted by molar-refractivity contribution is -0.154. The average Bonchev–Trinajstić information content (AvgIpc) is 2.89. The summed E-state index contributed by atoms with van der Waals surface area (Å²) in [5.41, 5.74) is -2.73. The van der Waals surface area contributed by atoms with Crippen LogP contribution in [0.25, 0.3) is 11.3 Å². The molecule has 0 unspecified atom stereocenters. The van der Waals surface area contributed by atoms with E-state index in [9.17, 15) is 35.9 Å². The summed E-state index contributed by atoms with van der Waals surface area (Å²) in [7, 11) is -2.86. The topological polar surface area (TPSA) is 122 Å². The van der Waals surface area contributed by atoms with Crippen molar-refractivity contribution in [3.05, 3.63) is 65.5 Å². The van der Waals surface area contributed by atoms with Crippen molar-refractivity contribution in [2.24, 2.45) is 5.41 Å². The fourth-order valence-electron chi connectivity index (χ4n) is 4.49. The monoisotopic (exact) mass is 582 g/mol. The number of aryl methyl sites for hydroxylation is 1. The van der Waals surface area contributed by atoms with Crippen LogP contribution in [0.4, 0.5) is 29.2 Å². The lowest BCUT2D eigenvalue weighted by Crippen LogP contribution is -2.46. The number of halogens is 4. The number of nitrogens with zero attached hydrogens (tertiary/aromatic N) is 3. The summed E-state index contributed by atoms with van der Waals surface area (Å²) >= 11 is 0. The van der Waals surface area contributed by atoms with Gasteiger partial charge in [0.1, 0.15) is 17.5 Å². The van der Waals surface area contributed by atoms with Crippen LogP contribution < -0.4 is 9.62 Å². The second kappa shape index (κ2) is 11.0. The Kier molecular flexibility index (Phi) is 8.04. The number of ether oxygens (including phenoxy) is 1. The van der Waals surface area contributed by atoms with Gasteiger partial charge in [0, 0.05) is 32.4 Å². The van der Waals surface area contributed by atoms with Crippen molar-refractivity contribution >= 4 is 27.6 Å². The second-order valence-corrected chi connectivity index (χ2v) is 11.2. The third kappa shape index (κ3) is 6.17. The fraction of sp³-hybridized carbons (Fsp3) is 0.346. The number of pyridine rings is 2. The molecule has 3 heterocycles. The number of rotatable bonds is 8. The summed E-state index contributed by atoms with van der Waals surface area (Å²) in [4.78, 5) is 21.6. The van der Waals surface area contributed by atoms with Crippen molar-refractivity contribution in [1.29, 1.82) is 0 Å². The number of alkyl halides is 3. The van der Waals surface area contributed by atoms with E-state index in [0.29, 0.717) is 11.6 Å². The first-order valence-corrected chi connectivity index (χ1v) is 13.6. The minimum atomic E-state index is -4.84. The molecule has 3 aromatic rings. The molecule has 1 fully saturated rings. The van der Waals surface area contributed by atoms with Crippen LogP contribution in [-0.4, -0.2) is 56.3 Å². The Hall–Kier alpha value is -3.78. The van der Waals surface area contributed by atoms with E-state index < -0.39 is 55.5 Å². The molecule has 1 aliphatic heterocycles. The zero-order chi connectivity index (χ0) is 29.3. The first-order chi connectivity index (χ1) is 18.7. The maximum absolute atomic E-state index is 13.9. The van der Waals surface area contributed by atoms with Crippen LogP contribution in [0.5, 0.6) is 0 Å². The molecule has 14 heteroatoms. The van der Waals surface area contributed by atoms with Gasteiger partial charge in [-0.1, -0.05) is 12.1 Å². The van der Waals surface area contributed by atoms with E-state index in [4.69, 9.17) is 4.74 Å². The minimum absolute atomic E-state index is 0.0480. The van der Waals surface area contributed by atoms with Crippen LogP contribution in [0.1, 0.15) is 24.0 Å². The van der Waals surface area contributed by atoms with E-state index >= 15 is 0 Å². The van der Waals surface area contributed by atoms with Gasteiger partial charge in [0.15, 0.2) is 5.03 Å². The second-order valence-electron chi connectivity index (χ2n) is 9.54. The maximum Gasteiger partial charge on any atom is 0.418 e. The molecule has 214 valence electrons. The molecule has 0 aliphatic carbocycles. The van der Waals surface area contributed by atoms with Crippen molar-refractivity contribution < 1.29 is 40.6 Å². The first kappa shape index (κ1) is 29.2. The van der Waals surface area contributed by atoms with Crippen LogP contribution in [0.15, 0.2) is 53.6 Å². The number of anilines is 2. The Bertz CT molecular complexity index is 1530. The van der Waals surface area contributed by atoms with E-state index in [1.807, 2.05) is 0 Å². The smallest absolute Gasteiger partial charge is 0.418 e. The van der Waals surface area contributed by atoms with Gasteiger partial charge in [-0.05, 0) is 61.7 Å². The van der Waals surface area contributed by atoms with Gasteiger partial charge in [-0.3, -0.25) is 9.52 Å². The molecule has 0 bridgehead atoms. The summed E-state index contributed by atoms with van der Waals surface area (Å²) < 4.78 is 88.9. The number of hydrogen-bond acceptors (Lipinski definition) is 7. The van der Waals surface area contributed by atoms with Crippen LogP contribution in [-0.2, 0) is 25.7 Å². The summed E-state index contributed by atoms with van der Waals surface area (Å²) in [6.07, 6.45) is -4.28. The molecule has 2 N–H and O–H groups in total. The van der Waals surface area contributed by atoms with Crippen LogP contribution in [0.2, 0.25) is 0 Å². The Labute approximate surface area is 227 Å². The van der Waals surface area contributed by atoms with Crippen LogP contribution >= 0.6 is 0 Å². The van der Waals surface area contributed by atoms with Crippen molar-refractivity contribution in [3.63, 3.8) is 0 Å². The summed E-state index contributed by atoms with van der Waals surface area (Å²) in [5, 5.41) is 9.37. The highest BCUT2D eigenvalue weighted by Gasteiger charge is 2.41. The summed E-state index contributed by atoms with van der Waals surface area (Å²) in [6.45, 7) is 2.09. The minimum Gasteiger partial charge on any atom is -0.481 e. The number of hydrogen-bond donors (Lipinski definition) is 2. The van der Waals surface area contributed by atoms with E-state index in [1.165, 1.54) is 36.1 Å². The molecule has 4 rings (SSSR count). The molecule has 0 amide bonds. The molecule has 1 aromatic carbocycles. The van der Waals surface area contributed by atoms with E-state index in [0.717, 1.165) is 18.2 Å². The SMILES string of the molecule is Cc1ccc(F)cc1-c1nc(NS(=O)(=O)c2cccc(N(C)CC3(C(=O)O)CCOCC3)n2)ccc1C(F)(F)F. The highest BCUT2D eigenvalue weighted by molar-refractivity contribution is 7.92. The molecule has 1 aliphatic rings. The molecule has 0 atom stereocenters. The largest absolute Gasteiger partial charge is 0.481 e. The van der Waals surface area contributed by atoms with Gasteiger partial charge < -0.3 is 14.7 Å². The Morgan fingerprint density at radius 2 is 1.82 bits per heavy atom. The molecule has 40 heavy (non-hydrogen) atoms. The maximum atomic E-state index is 13.9. The lowest BCUT2D eigenvalue weighted by Gasteiger charge is -2.36. The van der Waals surface area contributed by atoms with Gasteiger partial charge in [-0.2, -0.15) is 21.6 Å². The van der Waals surface area contributed by atoms with E-state index in [2.05, 4.69) is 14.7 Å². The third-order valence-corrected chi connectivity index (χ3v) is 7.97. The predicted octanol–water partition coefficient (Wildman–Crippen LogP) is 4.73. The number of aliphatic carboxylic acids is 1. The van der Waals surface area contributed by atoms with Gasteiger partial charge in [-0.25, -0.2) is 14.4 Å². The van der Waals surface area contributed by atoms with Crippen molar-refractivity contribution in [1.82, 2.24) is 9.97 Å². The quantitative estimate of drug-likeness (QED) is 0.366. The van der Waals surface area contributed by atoms with Gasteiger partial charge in [-0.15, -0.1) is 0 Å². The first-order valence-electron chi connectivity index (χ1n) is 12.1. The molecule has 0 spiro atoms. The lowest BCUT2D eigenvalue weighted by atomic mass is 9.80. The highest BCUT2D eigenvalue weighted by Crippen LogP contribution is 2.38. The Morgan fingerprint density at radius 3 is 2.48 bits per heavy atom.